The van der Waals surface area contributed by atoms with Crippen molar-refractivity contribution < 1.29 is 0 Å². The van der Waals surface area contributed by atoms with E-state index in [-0.39, 0.29) is 0 Å². The molecule has 3 heterocycles. The summed E-state index contributed by atoms with van der Waals surface area (Å²) < 4.78 is 1.80. The summed E-state index contributed by atoms with van der Waals surface area (Å²) in [4.78, 5) is 16.7. The first-order valence-corrected chi connectivity index (χ1v) is 6.57. The number of hydrogen-bond acceptors (Lipinski definition) is 4. The summed E-state index contributed by atoms with van der Waals surface area (Å²) in [5, 5.41) is 0.418. The zero-order valence-electron chi connectivity index (χ0n) is 11.2. The third-order valence-electron chi connectivity index (χ3n) is 2.71. The Morgan fingerprint density at radius 2 is 1.90 bits per heavy atom. The van der Waals surface area contributed by atoms with Crippen molar-refractivity contribution in [2.24, 2.45) is 0 Å². The van der Waals surface area contributed by atoms with E-state index in [9.17, 15) is 0 Å². The molecule has 3 aromatic heterocycles. The smallest absolute Gasteiger partial charge is 0.235 e. The molecule has 3 rings (SSSR count). The molecular weight excluding hydrogens is 286 g/mol. The second-order valence-electron chi connectivity index (χ2n) is 4.21. The van der Waals surface area contributed by atoms with Crippen molar-refractivity contribution in [3.05, 3.63) is 65.2 Å². The topological polar surface area (TPSA) is 56.5 Å². The highest BCUT2D eigenvalue weighted by atomic mass is 35.5. The highest BCUT2D eigenvalue weighted by molar-refractivity contribution is 6.29. The molecule has 0 aliphatic heterocycles. The van der Waals surface area contributed by atoms with Crippen LogP contribution in [-0.4, -0.2) is 24.5 Å². The second-order valence-corrected chi connectivity index (χ2v) is 4.60. The van der Waals surface area contributed by atoms with Crippen molar-refractivity contribution in [2.75, 3.05) is 0 Å². The van der Waals surface area contributed by atoms with Crippen LogP contribution in [0.3, 0.4) is 0 Å². The quantitative estimate of drug-likeness (QED) is 0.511. The number of halogens is 1. The van der Waals surface area contributed by atoms with Gasteiger partial charge in [0.1, 0.15) is 16.7 Å². The van der Waals surface area contributed by atoms with Gasteiger partial charge in [-0.2, -0.15) is 0 Å². The van der Waals surface area contributed by atoms with E-state index >= 15 is 0 Å². The summed E-state index contributed by atoms with van der Waals surface area (Å²) in [6.45, 7) is 1.88. The van der Waals surface area contributed by atoms with E-state index in [1.165, 1.54) is 0 Å². The predicted molar refractivity (Wildman–Crippen MR) is 79.1 cm³/mol. The van der Waals surface area contributed by atoms with Crippen molar-refractivity contribution >= 4 is 11.6 Å². The van der Waals surface area contributed by atoms with Gasteiger partial charge in [0.15, 0.2) is 0 Å². The fourth-order valence-corrected chi connectivity index (χ4v) is 1.94. The van der Waals surface area contributed by atoms with Crippen LogP contribution < -0.4 is 0 Å². The van der Waals surface area contributed by atoms with E-state index < -0.39 is 0 Å². The summed E-state index contributed by atoms with van der Waals surface area (Å²) >= 11 is 5.82. The van der Waals surface area contributed by atoms with E-state index in [2.05, 4.69) is 31.8 Å². The van der Waals surface area contributed by atoms with Crippen molar-refractivity contribution in [1.82, 2.24) is 24.5 Å². The van der Waals surface area contributed by atoms with Gasteiger partial charge in [0, 0.05) is 30.4 Å². The van der Waals surface area contributed by atoms with Gasteiger partial charge in [-0.3, -0.25) is 4.57 Å². The average molecular weight is 296 g/mol. The SMILES string of the molecule is Cc1nc(C#Cc2ccnc(Cl)c2)cn1-c1ncccn1. The molecule has 0 bridgehead atoms. The van der Waals surface area contributed by atoms with Crippen LogP contribution >= 0.6 is 11.6 Å². The Morgan fingerprint density at radius 3 is 2.67 bits per heavy atom. The van der Waals surface area contributed by atoms with Crippen LogP contribution in [-0.2, 0) is 0 Å². The minimum absolute atomic E-state index is 0.418. The van der Waals surface area contributed by atoms with Crippen LogP contribution in [0, 0.1) is 18.8 Å². The van der Waals surface area contributed by atoms with Gasteiger partial charge in [-0.15, -0.1) is 0 Å². The average Bonchev–Trinajstić information content (AvgIpc) is 2.87. The van der Waals surface area contributed by atoms with E-state index in [1.807, 2.05) is 6.92 Å². The third kappa shape index (κ3) is 3.07. The number of nitrogens with zero attached hydrogens (tertiary/aromatic N) is 5. The molecule has 0 aromatic carbocycles. The fraction of sp³-hybridized carbons (Fsp3) is 0.0667. The van der Waals surface area contributed by atoms with Crippen molar-refractivity contribution in [2.45, 2.75) is 6.92 Å². The molecule has 0 unspecified atom stereocenters. The standard InChI is InChI=1S/C15H10ClN5/c1-11-20-13(4-3-12-5-8-17-14(16)9-12)10-21(11)15-18-6-2-7-19-15/h2,5-10H,1H3. The molecule has 6 heteroatoms. The zero-order chi connectivity index (χ0) is 14.7. The lowest BCUT2D eigenvalue weighted by Crippen LogP contribution is -2.00. The van der Waals surface area contributed by atoms with E-state index in [4.69, 9.17) is 11.6 Å². The number of aromatic nitrogens is 5. The molecule has 0 amide bonds. The van der Waals surface area contributed by atoms with Gasteiger partial charge in [0.25, 0.3) is 0 Å². The lowest BCUT2D eigenvalue weighted by molar-refractivity contribution is 0.882. The molecule has 5 nitrogen and oxygen atoms in total. The zero-order valence-corrected chi connectivity index (χ0v) is 11.9. The molecule has 0 atom stereocenters. The van der Waals surface area contributed by atoms with Gasteiger partial charge >= 0.3 is 0 Å². The van der Waals surface area contributed by atoms with Gasteiger partial charge in [-0.25, -0.2) is 19.9 Å². The minimum Gasteiger partial charge on any atom is -0.271 e. The van der Waals surface area contributed by atoms with Crippen molar-refractivity contribution in [3.8, 4) is 17.8 Å². The largest absolute Gasteiger partial charge is 0.271 e. The Balaban J connectivity index is 1.92. The van der Waals surface area contributed by atoms with Crippen LogP contribution in [0.2, 0.25) is 5.15 Å². The fourth-order valence-electron chi connectivity index (χ4n) is 1.77. The summed E-state index contributed by atoms with van der Waals surface area (Å²) in [7, 11) is 0. The van der Waals surface area contributed by atoms with Crippen LogP contribution in [0.5, 0.6) is 0 Å². The molecule has 3 aromatic rings. The lowest BCUT2D eigenvalue weighted by Gasteiger charge is -1.99. The third-order valence-corrected chi connectivity index (χ3v) is 2.92. The van der Waals surface area contributed by atoms with Crippen LogP contribution in [0.1, 0.15) is 17.1 Å². The normalized spacial score (nSPS) is 10.0. The number of rotatable bonds is 1. The molecule has 102 valence electrons. The molecule has 0 saturated heterocycles. The first-order chi connectivity index (χ1) is 10.2. The van der Waals surface area contributed by atoms with Crippen molar-refractivity contribution in [3.63, 3.8) is 0 Å². The molecule has 0 N–H and O–H groups in total. The predicted octanol–water partition coefficient (Wildman–Crippen LogP) is 2.42. The molecular formula is C15H10ClN5. The van der Waals surface area contributed by atoms with E-state index in [1.54, 1.807) is 47.6 Å². The van der Waals surface area contributed by atoms with Gasteiger partial charge in [0.2, 0.25) is 5.95 Å². The molecule has 0 saturated carbocycles. The summed E-state index contributed by atoms with van der Waals surface area (Å²) in [5.74, 6) is 7.35. The van der Waals surface area contributed by atoms with E-state index in [0.717, 1.165) is 11.4 Å². The Labute approximate surface area is 126 Å². The minimum atomic E-state index is 0.418. The molecule has 0 aliphatic rings. The number of imidazole rings is 1. The molecule has 0 aliphatic carbocycles. The van der Waals surface area contributed by atoms with Crippen molar-refractivity contribution in [1.29, 1.82) is 0 Å². The second kappa shape index (κ2) is 5.73. The lowest BCUT2D eigenvalue weighted by atomic mass is 10.3. The Hall–Kier alpha value is -2.71. The van der Waals surface area contributed by atoms with Crippen LogP contribution in [0.4, 0.5) is 0 Å². The number of pyridine rings is 1. The summed E-state index contributed by atoms with van der Waals surface area (Å²) in [6.07, 6.45) is 6.80. The van der Waals surface area contributed by atoms with Gasteiger partial charge in [-0.05, 0) is 31.0 Å². The number of hydrogen-bond donors (Lipinski definition) is 0. The maximum Gasteiger partial charge on any atom is 0.235 e. The number of aryl methyl sites for hydroxylation is 1. The Kier molecular flexibility index (Phi) is 3.63. The molecule has 0 fully saturated rings. The summed E-state index contributed by atoms with van der Waals surface area (Å²) in [6, 6.07) is 5.27. The van der Waals surface area contributed by atoms with Crippen LogP contribution in [0.25, 0.3) is 5.95 Å². The van der Waals surface area contributed by atoms with E-state index in [0.29, 0.717) is 16.8 Å². The molecule has 21 heavy (non-hydrogen) atoms. The Bertz CT molecular complexity index is 830. The maximum atomic E-state index is 5.82. The highest BCUT2D eigenvalue weighted by Crippen LogP contribution is 2.08. The van der Waals surface area contributed by atoms with Crippen LogP contribution in [0.15, 0.2) is 43.0 Å². The van der Waals surface area contributed by atoms with Gasteiger partial charge in [0.05, 0.1) is 0 Å². The summed E-state index contributed by atoms with van der Waals surface area (Å²) in [5.41, 5.74) is 1.44. The van der Waals surface area contributed by atoms with Gasteiger partial charge < -0.3 is 0 Å². The molecule has 0 spiro atoms. The molecule has 0 radical (unpaired) electrons. The monoisotopic (exact) mass is 295 g/mol. The first-order valence-electron chi connectivity index (χ1n) is 6.19. The first kappa shape index (κ1) is 13.3. The maximum absolute atomic E-state index is 5.82. The Morgan fingerprint density at radius 1 is 1.10 bits per heavy atom. The highest BCUT2D eigenvalue weighted by Gasteiger charge is 2.05. The van der Waals surface area contributed by atoms with Gasteiger partial charge in [-0.1, -0.05) is 17.5 Å².